The molecule has 0 aromatic carbocycles. The van der Waals surface area contributed by atoms with Crippen LogP contribution in [0.15, 0.2) is 16.3 Å². The molecule has 2 aromatic rings. The maximum absolute atomic E-state index is 12.7. The molecule has 2 fully saturated rings. The number of sulfonamides is 1. The molecule has 0 unspecified atom stereocenters. The second-order valence-corrected chi connectivity index (χ2v) is 10.2. The average Bonchev–Trinajstić information content (AvgIpc) is 3.45. The van der Waals surface area contributed by atoms with Crippen molar-refractivity contribution in [1.82, 2.24) is 19.7 Å². The number of ether oxygens (including phenoxy) is 1. The highest BCUT2D eigenvalue weighted by atomic mass is 32.2. The number of nitrogens with zero attached hydrogens (tertiary/aromatic N) is 5. The van der Waals surface area contributed by atoms with Gasteiger partial charge < -0.3 is 14.5 Å². The van der Waals surface area contributed by atoms with Crippen LogP contribution in [0.5, 0.6) is 0 Å². The van der Waals surface area contributed by atoms with Gasteiger partial charge in [-0.15, -0.1) is 11.3 Å². The molecule has 0 amide bonds. The Morgan fingerprint density at radius 3 is 2.31 bits per heavy atom. The summed E-state index contributed by atoms with van der Waals surface area (Å²) < 4.78 is 33.7. The van der Waals surface area contributed by atoms with E-state index in [9.17, 15) is 8.42 Å². The maximum Gasteiger partial charge on any atom is 0.250 e. The van der Waals surface area contributed by atoms with Gasteiger partial charge in [-0.3, -0.25) is 0 Å². The Bertz CT molecular complexity index is 937. The molecule has 2 aliphatic rings. The Kier molecular flexibility index (Phi) is 6.28. The normalized spacial score (nSPS) is 17.8. The van der Waals surface area contributed by atoms with Crippen LogP contribution in [0.25, 0.3) is 0 Å². The molecule has 0 aliphatic carbocycles. The van der Waals surface area contributed by atoms with Crippen LogP contribution < -0.4 is 14.5 Å². The molecule has 0 atom stereocenters. The fraction of sp³-hybridized carbons (Fsp3) is 0.611. The van der Waals surface area contributed by atoms with Gasteiger partial charge in [-0.25, -0.2) is 13.1 Å². The van der Waals surface area contributed by atoms with Crippen LogP contribution in [0.3, 0.4) is 0 Å². The molecule has 2 saturated heterocycles. The number of anilines is 2. The summed E-state index contributed by atoms with van der Waals surface area (Å²) in [7, 11) is -3.60. The van der Waals surface area contributed by atoms with Crippen LogP contribution >= 0.6 is 11.3 Å². The minimum absolute atomic E-state index is 0.0302. The maximum atomic E-state index is 12.7. The number of nitrogens with one attached hydrogen (secondary N) is 1. The lowest BCUT2D eigenvalue weighted by Gasteiger charge is -2.28. The smallest absolute Gasteiger partial charge is 0.250 e. The molecular formula is C18H26N6O3S2. The molecule has 11 heteroatoms. The molecule has 2 aromatic heterocycles. The van der Waals surface area contributed by atoms with Crippen molar-refractivity contribution in [2.24, 2.45) is 0 Å². The number of hydrogen-bond acceptors (Lipinski definition) is 9. The monoisotopic (exact) mass is 438 g/mol. The molecule has 4 rings (SSSR count). The number of aromatic nitrogens is 3. The quantitative estimate of drug-likeness (QED) is 0.693. The van der Waals surface area contributed by atoms with E-state index in [0.29, 0.717) is 48.2 Å². The lowest BCUT2D eigenvalue weighted by Crippen LogP contribution is -2.38. The molecule has 9 nitrogen and oxygen atoms in total. The van der Waals surface area contributed by atoms with Crippen molar-refractivity contribution in [1.29, 1.82) is 0 Å². The molecule has 0 saturated carbocycles. The minimum atomic E-state index is -3.60. The predicted molar refractivity (Wildman–Crippen MR) is 112 cm³/mol. The Balaban J connectivity index is 1.55. The highest BCUT2D eigenvalue weighted by Gasteiger charge is 2.22. The van der Waals surface area contributed by atoms with Crippen LogP contribution in [0, 0.1) is 0 Å². The van der Waals surface area contributed by atoms with E-state index < -0.39 is 10.0 Å². The summed E-state index contributed by atoms with van der Waals surface area (Å²) in [5.41, 5.74) is 0. The first-order valence-electron chi connectivity index (χ1n) is 9.96. The number of hydrogen-bond donors (Lipinski definition) is 1. The Hall–Kier alpha value is -1.82. The van der Waals surface area contributed by atoms with E-state index in [1.807, 2.05) is 13.0 Å². The van der Waals surface area contributed by atoms with E-state index in [1.165, 1.54) is 11.3 Å². The molecule has 0 bridgehead atoms. The van der Waals surface area contributed by atoms with Gasteiger partial charge in [0, 0.05) is 31.1 Å². The summed E-state index contributed by atoms with van der Waals surface area (Å²) >= 11 is 1.29. The number of thiophene rings is 1. The van der Waals surface area contributed by atoms with Gasteiger partial charge in [0.15, 0.2) is 5.82 Å². The van der Waals surface area contributed by atoms with Crippen molar-refractivity contribution in [3.63, 3.8) is 0 Å². The van der Waals surface area contributed by atoms with Gasteiger partial charge in [-0.2, -0.15) is 15.0 Å². The Morgan fingerprint density at radius 1 is 1.03 bits per heavy atom. The van der Waals surface area contributed by atoms with Gasteiger partial charge in [0.25, 0.3) is 0 Å². The third-order valence-electron chi connectivity index (χ3n) is 5.01. The Morgan fingerprint density at radius 2 is 1.69 bits per heavy atom. The summed E-state index contributed by atoms with van der Waals surface area (Å²) in [5, 5.41) is 0. The third-order valence-corrected chi connectivity index (χ3v) is 8.13. The van der Waals surface area contributed by atoms with Crippen LogP contribution in [0.1, 0.15) is 30.5 Å². The van der Waals surface area contributed by atoms with Crippen molar-refractivity contribution in [3.8, 4) is 0 Å². The Labute approximate surface area is 175 Å². The average molecular weight is 439 g/mol. The second-order valence-electron chi connectivity index (χ2n) is 7.04. The fourth-order valence-electron chi connectivity index (χ4n) is 3.36. The fourth-order valence-corrected chi connectivity index (χ4v) is 5.68. The van der Waals surface area contributed by atoms with Gasteiger partial charge in [0.05, 0.1) is 19.8 Å². The van der Waals surface area contributed by atoms with Gasteiger partial charge in [0.2, 0.25) is 21.9 Å². The second kappa shape index (κ2) is 8.90. The van der Waals surface area contributed by atoms with Crippen LogP contribution in [-0.4, -0.2) is 62.8 Å². The molecular weight excluding hydrogens is 412 g/mol. The van der Waals surface area contributed by atoms with Crippen molar-refractivity contribution >= 4 is 33.3 Å². The lowest BCUT2D eigenvalue weighted by atomic mass is 10.4. The summed E-state index contributed by atoms with van der Waals surface area (Å²) in [6, 6.07) is 3.50. The molecule has 0 radical (unpaired) electrons. The summed E-state index contributed by atoms with van der Waals surface area (Å²) in [6.07, 6.45) is 3.03. The first-order valence-corrected chi connectivity index (χ1v) is 12.3. The number of rotatable bonds is 7. The highest BCUT2D eigenvalue weighted by molar-refractivity contribution is 7.91. The molecule has 2 aliphatic heterocycles. The van der Waals surface area contributed by atoms with Crippen molar-refractivity contribution in [2.45, 2.75) is 36.9 Å². The van der Waals surface area contributed by atoms with E-state index in [4.69, 9.17) is 4.74 Å². The molecule has 4 heterocycles. The zero-order valence-electron chi connectivity index (χ0n) is 16.5. The summed E-state index contributed by atoms with van der Waals surface area (Å²) in [4.78, 5) is 19.0. The highest BCUT2D eigenvalue weighted by Crippen LogP contribution is 2.23. The predicted octanol–water partition coefficient (Wildman–Crippen LogP) is 1.41. The van der Waals surface area contributed by atoms with Gasteiger partial charge in [-0.1, -0.05) is 6.92 Å². The first kappa shape index (κ1) is 20.5. The van der Waals surface area contributed by atoms with Crippen molar-refractivity contribution in [3.05, 3.63) is 22.8 Å². The van der Waals surface area contributed by atoms with Gasteiger partial charge >= 0.3 is 0 Å². The van der Waals surface area contributed by atoms with E-state index >= 15 is 0 Å². The SMILES string of the molecule is CCc1ccc(S(=O)(=O)NCc2nc(N3CCCC3)nc(N3CCOCC3)n2)s1. The summed E-state index contributed by atoms with van der Waals surface area (Å²) in [5.74, 6) is 1.64. The van der Waals surface area contributed by atoms with Crippen molar-refractivity contribution in [2.75, 3.05) is 49.2 Å². The van der Waals surface area contributed by atoms with Crippen LogP contribution in [0.4, 0.5) is 11.9 Å². The lowest BCUT2D eigenvalue weighted by molar-refractivity contribution is 0.122. The summed E-state index contributed by atoms with van der Waals surface area (Å²) in [6.45, 7) is 6.54. The van der Waals surface area contributed by atoms with E-state index in [1.54, 1.807) is 6.07 Å². The molecule has 1 N–H and O–H groups in total. The van der Waals surface area contributed by atoms with Crippen LogP contribution in [-0.2, 0) is 27.7 Å². The standard InChI is InChI=1S/C18H26N6O3S2/c1-2-14-5-6-16(28-14)29(25,26)19-13-15-20-17(23-7-3-4-8-23)22-18(21-15)24-9-11-27-12-10-24/h5-6,19H,2-4,7-13H2,1H3. The van der Waals surface area contributed by atoms with E-state index in [2.05, 4.69) is 29.5 Å². The molecule has 158 valence electrons. The topological polar surface area (TPSA) is 101 Å². The van der Waals surface area contributed by atoms with E-state index in [0.717, 1.165) is 37.2 Å². The largest absolute Gasteiger partial charge is 0.378 e. The van der Waals surface area contributed by atoms with Crippen molar-refractivity contribution < 1.29 is 13.2 Å². The van der Waals surface area contributed by atoms with E-state index in [-0.39, 0.29) is 6.54 Å². The number of aryl methyl sites for hydroxylation is 1. The third kappa shape index (κ3) is 4.85. The molecule has 0 spiro atoms. The van der Waals surface area contributed by atoms with Gasteiger partial charge in [-0.05, 0) is 31.4 Å². The molecule has 29 heavy (non-hydrogen) atoms. The zero-order valence-corrected chi connectivity index (χ0v) is 18.1. The number of morpholine rings is 1. The minimum Gasteiger partial charge on any atom is -0.378 e. The van der Waals surface area contributed by atoms with Crippen LogP contribution in [0.2, 0.25) is 0 Å². The zero-order chi connectivity index (χ0) is 20.3. The van der Waals surface area contributed by atoms with Gasteiger partial charge in [0.1, 0.15) is 4.21 Å². The first-order chi connectivity index (χ1) is 14.0.